The summed E-state index contributed by atoms with van der Waals surface area (Å²) in [7, 11) is 1.53. The molecule has 2 amide bonds. The quantitative estimate of drug-likeness (QED) is 0.517. The normalized spacial score (nSPS) is 10.4. The molecule has 0 saturated carbocycles. The van der Waals surface area contributed by atoms with E-state index in [0.717, 1.165) is 11.0 Å². The molecule has 4 N–H and O–H groups in total. The Balaban J connectivity index is 1.86. The molecule has 0 radical (unpaired) electrons. The minimum Gasteiger partial charge on any atom is -0.495 e. The molecule has 150 valence electrons. The molecule has 0 fully saturated rings. The Morgan fingerprint density at radius 3 is 2.66 bits per heavy atom. The number of carbonyl (C=O) groups is 1. The summed E-state index contributed by atoms with van der Waals surface area (Å²) in [4.78, 5) is 18.8. The van der Waals surface area contributed by atoms with Gasteiger partial charge in [-0.2, -0.15) is 5.48 Å². The molecule has 1 heterocycles. The fraction of sp³-hybridized carbons (Fsp3) is 0.143. The van der Waals surface area contributed by atoms with Gasteiger partial charge in [-0.05, 0) is 42.3 Å². The average molecular weight is 414 g/mol. The number of hydrogen-bond donors (Lipinski definition) is 3. The Morgan fingerprint density at radius 2 is 1.93 bits per heavy atom. The fourth-order valence-corrected chi connectivity index (χ4v) is 3.00. The fourth-order valence-electron chi connectivity index (χ4n) is 2.88. The number of para-hydroxylation sites is 2. The SMILES string of the molecule is COc1ccccc1N(C(=O)NCCc1ccc(Cl)cc1)c1ncccc1[NH2+]O. The first kappa shape index (κ1) is 20.6. The summed E-state index contributed by atoms with van der Waals surface area (Å²) in [6, 6.07) is 17.6. The Bertz CT molecular complexity index is 919. The zero-order chi connectivity index (χ0) is 20.6. The number of quaternary nitrogens is 1. The van der Waals surface area contributed by atoms with E-state index in [1.165, 1.54) is 12.0 Å². The number of anilines is 2. The topological polar surface area (TPSA) is 91.3 Å². The second kappa shape index (κ2) is 9.88. The van der Waals surface area contributed by atoms with Gasteiger partial charge in [0, 0.05) is 23.8 Å². The molecule has 0 aliphatic heterocycles. The van der Waals surface area contributed by atoms with E-state index in [1.807, 2.05) is 30.3 Å². The number of halogens is 1. The first-order chi connectivity index (χ1) is 14.1. The van der Waals surface area contributed by atoms with Crippen LogP contribution in [-0.4, -0.2) is 29.9 Å². The lowest BCUT2D eigenvalue weighted by Gasteiger charge is -2.24. The number of benzene rings is 2. The Kier molecular flexibility index (Phi) is 7.02. The van der Waals surface area contributed by atoms with Gasteiger partial charge in [0.15, 0.2) is 0 Å². The Labute approximate surface area is 173 Å². The molecule has 2 aromatic carbocycles. The summed E-state index contributed by atoms with van der Waals surface area (Å²) < 4.78 is 5.42. The first-order valence-electron chi connectivity index (χ1n) is 9.02. The van der Waals surface area contributed by atoms with Gasteiger partial charge < -0.3 is 10.1 Å². The minimum atomic E-state index is -0.384. The maximum absolute atomic E-state index is 13.1. The van der Waals surface area contributed by atoms with E-state index in [1.54, 1.807) is 36.5 Å². The zero-order valence-electron chi connectivity index (χ0n) is 15.9. The van der Waals surface area contributed by atoms with Crippen molar-refractivity contribution < 1.29 is 20.2 Å². The third kappa shape index (κ3) is 5.03. The van der Waals surface area contributed by atoms with Crippen LogP contribution < -0.4 is 20.4 Å². The molecule has 0 spiro atoms. The number of rotatable bonds is 7. The van der Waals surface area contributed by atoms with Gasteiger partial charge in [0.1, 0.15) is 5.75 Å². The molecule has 0 aliphatic rings. The smallest absolute Gasteiger partial charge is 0.328 e. The maximum Gasteiger partial charge on any atom is 0.328 e. The molecule has 3 rings (SSSR count). The van der Waals surface area contributed by atoms with E-state index >= 15 is 0 Å². The Hall–Kier alpha value is -3.13. The van der Waals surface area contributed by atoms with Crippen molar-refractivity contribution in [3.8, 4) is 5.75 Å². The van der Waals surface area contributed by atoms with Gasteiger partial charge in [0.25, 0.3) is 0 Å². The number of nitrogens with zero attached hydrogens (tertiary/aromatic N) is 2. The van der Waals surface area contributed by atoms with Crippen LogP contribution in [0, 0.1) is 0 Å². The minimum absolute atomic E-state index is 0.295. The molecule has 0 saturated heterocycles. The lowest BCUT2D eigenvalue weighted by atomic mass is 10.1. The van der Waals surface area contributed by atoms with E-state index in [2.05, 4.69) is 10.3 Å². The lowest BCUT2D eigenvalue weighted by Crippen LogP contribution is -2.74. The van der Waals surface area contributed by atoms with Crippen molar-refractivity contribution in [3.63, 3.8) is 0 Å². The number of ether oxygens (including phenoxy) is 1. The standard InChI is InChI=1S/C21H21ClN4O3/c1-29-19-7-3-2-6-18(19)26(20-17(25-28)5-4-13-23-20)21(27)24-14-12-15-8-10-16(22)11-9-15/h2-11,13,25,28H,12,14H2,1H3,(H,24,27)/p+1. The van der Waals surface area contributed by atoms with Gasteiger partial charge in [-0.1, -0.05) is 35.9 Å². The van der Waals surface area contributed by atoms with Crippen LogP contribution >= 0.6 is 11.6 Å². The van der Waals surface area contributed by atoms with Crippen molar-refractivity contribution in [1.29, 1.82) is 0 Å². The third-order valence-corrected chi connectivity index (χ3v) is 4.55. The molecular formula is C21H22ClN4O3+. The highest BCUT2D eigenvalue weighted by molar-refractivity contribution is 6.30. The van der Waals surface area contributed by atoms with Gasteiger partial charge in [-0.25, -0.2) is 19.9 Å². The predicted octanol–water partition coefficient (Wildman–Crippen LogP) is 3.42. The highest BCUT2D eigenvalue weighted by Gasteiger charge is 2.26. The number of urea groups is 1. The number of nitrogens with two attached hydrogens (primary N) is 1. The number of amides is 2. The van der Waals surface area contributed by atoms with Crippen LogP contribution in [0.25, 0.3) is 0 Å². The number of methoxy groups -OCH3 is 1. The number of pyridine rings is 1. The van der Waals surface area contributed by atoms with Crippen LogP contribution in [0.5, 0.6) is 5.75 Å². The van der Waals surface area contributed by atoms with Crippen LogP contribution in [-0.2, 0) is 6.42 Å². The molecule has 7 nitrogen and oxygen atoms in total. The van der Waals surface area contributed by atoms with Crippen LogP contribution in [0.3, 0.4) is 0 Å². The molecule has 0 unspecified atom stereocenters. The third-order valence-electron chi connectivity index (χ3n) is 4.30. The predicted molar refractivity (Wildman–Crippen MR) is 111 cm³/mol. The van der Waals surface area contributed by atoms with Gasteiger partial charge in [-0.15, -0.1) is 0 Å². The van der Waals surface area contributed by atoms with Crippen LogP contribution in [0.4, 0.5) is 22.0 Å². The van der Waals surface area contributed by atoms with Gasteiger partial charge in [-0.3, -0.25) is 0 Å². The summed E-state index contributed by atoms with van der Waals surface area (Å²) in [5, 5.41) is 13.2. The molecule has 29 heavy (non-hydrogen) atoms. The van der Waals surface area contributed by atoms with Crippen molar-refractivity contribution in [3.05, 3.63) is 77.4 Å². The first-order valence-corrected chi connectivity index (χ1v) is 9.39. The zero-order valence-corrected chi connectivity index (χ0v) is 16.6. The molecule has 0 bridgehead atoms. The number of carbonyl (C=O) groups excluding carboxylic acids is 1. The Morgan fingerprint density at radius 1 is 1.17 bits per heavy atom. The van der Waals surface area contributed by atoms with Crippen molar-refractivity contribution in [1.82, 2.24) is 10.3 Å². The van der Waals surface area contributed by atoms with Crippen LogP contribution in [0.15, 0.2) is 66.9 Å². The molecule has 3 aromatic rings. The number of aromatic nitrogens is 1. The van der Waals surface area contributed by atoms with Crippen molar-refractivity contribution in [2.75, 3.05) is 18.6 Å². The monoisotopic (exact) mass is 413 g/mol. The summed E-state index contributed by atoms with van der Waals surface area (Å²) in [5.41, 5.74) is 2.90. The van der Waals surface area contributed by atoms with Gasteiger partial charge in [0.2, 0.25) is 11.5 Å². The van der Waals surface area contributed by atoms with E-state index in [4.69, 9.17) is 16.3 Å². The highest BCUT2D eigenvalue weighted by Crippen LogP contribution is 2.34. The largest absolute Gasteiger partial charge is 0.495 e. The van der Waals surface area contributed by atoms with E-state index in [-0.39, 0.29) is 6.03 Å². The summed E-state index contributed by atoms with van der Waals surface area (Å²) >= 11 is 5.91. The number of nitrogens with one attached hydrogen (secondary N) is 1. The number of hydrogen-bond acceptors (Lipinski definition) is 4. The van der Waals surface area contributed by atoms with E-state index < -0.39 is 0 Å². The molecule has 0 aliphatic carbocycles. The lowest BCUT2D eigenvalue weighted by molar-refractivity contribution is -0.825. The summed E-state index contributed by atoms with van der Waals surface area (Å²) in [6.07, 6.45) is 2.20. The highest BCUT2D eigenvalue weighted by atomic mass is 35.5. The van der Waals surface area contributed by atoms with Crippen molar-refractivity contribution in [2.45, 2.75) is 6.42 Å². The van der Waals surface area contributed by atoms with E-state index in [9.17, 15) is 10.0 Å². The van der Waals surface area contributed by atoms with E-state index in [0.29, 0.717) is 40.9 Å². The van der Waals surface area contributed by atoms with Gasteiger partial charge in [0.05, 0.1) is 12.8 Å². The summed E-state index contributed by atoms with van der Waals surface area (Å²) in [6.45, 7) is 0.414. The second-order valence-electron chi connectivity index (χ2n) is 6.16. The molecule has 0 atom stereocenters. The van der Waals surface area contributed by atoms with Crippen LogP contribution in [0.2, 0.25) is 5.02 Å². The molecular weight excluding hydrogens is 392 g/mol. The van der Waals surface area contributed by atoms with Crippen LogP contribution in [0.1, 0.15) is 5.56 Å². The van der Waals surface area contributed by atoms with Crippen molar-refractivity contribution in [2.24, 2.45) is 0 Å². The van der Waals surface area contributed by atoms with Gasteiger partial charge >= 0.3 is 6.03 Å². The summed E-state index contributed by atoms with van der Waals surface area (Å²) in [5.74, 6) is 0.804. The molecule has 8 heteroatoms. The van der Waals surface area contributed by atoms with Crippen molar-refractivity contribution >= 4 is 34.8 Å². The second-order valence-corrected chi connectivity index (χ2v) is 6.60. The average Bonchev–Trinajstić information content (AvgIpc) is 2.76. The molecule has 1 aromatic heterocycles. The maximum atomic E-state index is 13.1.